The number of piperazine rings is 1. The van der Waals surface area contributed by atoms with Crippen molar-refractivity contribution < 1.29 is 14.0 Å². The van der Waals surface area contributed by atoms with Crippen LogP contribution in [0.25, 0.3) is 6.08 Å². The zero-order valence-electron chi connectivity index (χ0n) is 16.8. The number of carbonyl (C=O) groups excluding carboxylic acids is 2. The number of nitrogens with zero attached hydrogens (tertiary/aromatic N) is 2. The van der Waals surface area contributed by atoms with Crippen LogP contribution in [0.15, 0.2) is 48.5 Å². The van der Waals surface area contributed by atoms with Crippen molar-refractivity contribution >= 4 is 23.6 Å². The molecule has 152 valence electrons. The lowest BCUT2D eigenvalue weighted by atomic mass is 10.1. The van der Waals surface area contributed by atoms with Crippen LogP contribution in [0, 0.1) is 19.7 Å². The van der Waals surface area contributed by atoms with Crippen molar-refractivity contribution in [2.75, 3.05) is 38.0 Å². The van der Waals surface area contributed by atoms with E-state index in [0.29, 0.717) is 31.9 Å². The number of halogens is 1. The van der Waals surface area contributed by atoms with E-state index in [-0.39, 0.29) is 24.2 Å². The number of rotatable bonds is 5. The van der Waals surface area contributed by atoms with Gasteiger partial charge < -0.3 is 10.2 Å². The topological polar surface area (TPSA) is 52.7 Å². The maximum atomic E-state index is 13.2. The highest BCUT2D eigenvalue weighted by atomic mass is 19.1. The van der Waals surface area contributed by atoms with Gasteiger partial charge >= 0.3 is 0 Å². The first-order valence-corrected chi connectivity index (χ1v) is 9.73. The van der Waals surface area contributed by atoms with Crippen LogP contribution in [-0.2, 0) is 9.59 Å². The minimum absolute atomic E-state index is 0.0196. The Morgan fingerprint density at radius 3 is 2.52 bits per heavy atom. The van der Waals surface area contributed by atoms with E-state index in [1.54, 1.807) is 23.1 Å². The van der Waals surface area contributed by atoms with Gasteiger partial charge in [0.1, 0.15) is 5.82 Å². The first-order valence-electron chi connectivity index (χ1n) is 9.73. The van der Waals surface area contributed by atoms with Gasteiger partial charge in [-0.3, -0.25) is 14.5 Å². The molecule has 0 bridgehead atoms. The molecular weight excluding hydrogens is 369 g/mol. The molecule has 2 aromatic carbocycles. The third-order valence-electron chi connectivity index (χ3n) is 4.99. The number of amides is 2. The van der Waals surface area contributed by atoms with Crippen LogP contribution >= 0.6 is 0 Å². The minimum Gasteiger partial charge on any atom is -0.337 e. The fraction of sp³-hybridized carbons (Fsp3) is 0.304. The second-order valence-electron chi connectivity index (χ2n) is 7.35. The van der Waals surface area contributed by atoms with Crippen LogP contribution in [0.2, 0.25) is 0 Å². The molecule has 1 heterocycles. The van der Waals surface area contributed by atoms with Crippen LogP contribution < -0.4 is 5.32 Å². The molecule has 5 nitrogen and oxygen atoms in total. The lowest BCUT2D eigenvalue weighted by molar-refractivity contribution is -0.127. The lowest BCUT2D eigenvalue weighted by Gasteiger charge is -2.33. The highest BCUT2D eigenvalue weighted by Crippen LogP contribution is 2.13. The second kappa shape index (κ2) is 9.47. The van der Waals surface area contributed by atoms with Gasteiger partial charge in [0.2, 0.25) is 11.8 Å². The van der Waals surface area contributed by atoms with E-state index in [1.165, 1.54) is 17.7 Å². The number of aryl methyl sites for hydroxylation is 2. The van der Waals surface area contributed by atoms with E-state index >= 15 is 0 Å². The quantitative estimate of drug-likeness (QED) is 0.791. The average Bonchev–Trinajstić information content (AvgIpc) is 2.67. The van der Waals surface area contributed by atoms with Crippen LogP contribution in [0.4, 0.5) is 10.1 Å². The second-order valence-corrected chi connectivity index (χ2v) is 7.35. The standard InChI is InChI=1S/C23H26FN3O2/c1-17-6-7-19(18(2)14-17)8-9-23(29)27-12-10-26(11-13-27)16-22(28)25-21-5-3-4-20(24)15-21/h3-9,14-15H,10-13,16H2,1-2H3,(H,25,28)/b9-8+. The first-order chi connectivity index (χ1) is 13.9. The first kappa shape index (κ1) is 20.7. The Hall–Kier alpha value is -2.99. The molecule has 3 rings (SSSR count). The van der Waals surface area contributed by atoms with E-state index in [9.17, 15) is 14.0 Å². The minimum atomic E-state index is -0.385. The van der Waals surface area contributed by atoms with Gasteiger partial charge in [0.05, 0.1) is 6.54 Å². The SMILES string of the molecule is Cc1ccc(/C=C/C(=O)N2CCN(CC(=O)Nc3cccc(F)c3)CC2)c(C)c1. The van der Waals surface area contributed by atoms with E-state index in [2.05, 4.69) is 11.4 Å². The molecule has 1 N–H and O–H groups in total. The van der Waals surface area contributed by atoms with Crippen LogP contribution in [0.3, 0.4) is 0 Å². The van der Waals surface area contributed by atoms with Gasteiger partial charge in [-0.05, 0) is 49.2 Å². The summed E-state index contributed by atoms with van der Waals surface area (Å²) in [7, 11) is 0. The number of hydrogen-bond donors (Lipinski definition) is 1. The van der Waals surface area contributed by atoms with Crippen molar-refractivity contribution in [1.82, 2.24) is 9.80 Å². The normalized spacial score (nSPS) is 14.9. The summed E-state index contributed by atoms with van der Waals surface area (Å²) < 4.78 is 13.2. The molecular formula is C23H26FN3O2. The summed E-state index contributed by atoms with van der Waals surface area (Å²) in [6.45, 7) is 6.69. The van der Waals surface area contributed by atoms with Crippen molar-refractivity contribution in [3.05, 3.63) is 71.0 Å². The Kier molecular flexibility index (Phi) is 6.77. The molecule has 0 saturated carbocycles. The maximum Gasteiger partial charge on any atom is 0.246 e. The summed E-state index contributed by atoms with van der Waals surface area (Å²) in [6.07, 6.45) is 3.47. The molecule has 2 aromatic rings. The number of hydrogen-bond acceptors (Lipinski definition) is 3. The van der Waals surface area contributed by atoms with Crippen LogP contribution in [0.1, 0.15) is 16.7 Å². The molecule has 1 saturated heterocycles. The van der Waals surface area contributed by atoms with E-state index in [4.69, 9.17) is 0 Å². The summed E-state index contributed by atoms with van der Waals surface area (Å²) in [5.41, 5.74) is 3.82. The lowest BCUT2D eigenvalue weighted by Crippen LogP contribution is -2.50. The molecule has 0 aliphatic carbocycles. The van der Waals surface area contributed by atoms with Gasteiger partial charge in [0.25, 0.3) is 0 Å². The highest BCUT2D eigenvalue weighted by molar-refractivity contribution is 5.93. The molecule has 0 atom stereocenters. The zero-order chi connectivity index (χ0) is 20.8. The highest BCUT2D eigenvalue weighted by Gasteiger charge is 2.21. The Morgan fingerprint density at radius 2 is 1.83 bits per heavy atom. The molecule has 0 unspecified atom stereocenters. The van der Waals surface area contributed by atoms with Crippen LogP contribution in [0.5, 0.6) is 0 Å². The van der Waals surface area contributed by atoms with Crippen LogP contribution in [-0.4, -0.2) is 54.3 Å². The summed E-state index contributed by atoms with van der Waals surface area (Å²) >= 11 is 0. The fourth-order valence-electron chi connectivity index (χ4n) is 3.38. The number of nitrogens with one attached hydrogen (secondary N) is 1. The monoisotopic (exact) mass is 395 g/mol. The molecule has 1 aliphatic rings. The van der Waals surface area contributed by atoms with Gasteiger partial charge in [0, 0.05) is 37.9 Å². The average molecular weight is 395 g/mol. The summed E-state index contributed by atoms with van der Waals surface area (Å²) in [6, 6.07) is 12.0. The summed E-state index contributed by atoms with van der Waals surface area (Å²) in [5.74, 6) is -0.595. The third kappa shape index (κ3) is 5.99. The largest absolute Gasteiger partial charge is 0.337 e. The number of carbonyl (C=O) groups is 2. The van der Waals surface area contributed by atoms with Gasteiger partial charge in [-0.2, -0.15) is 0 Å². The van der Waals surface area contributed by atoms with Gasteiger partial charge in [-0.15, -0.1) is 0 Å². The maximum absolute atomic E-state index is 13.2. The van der Waals surface area contributed by atoms with E-state index < -0.39 is 0 Å². The molecule has 0 spiro atoms. The fourth-order valence-corrected chi connectivity index (χ4v) is 3.38. The van der Waals surface area contributed by atoms with Gasteiger partial charge in [0.15, 0.2) is 0 Å². The molecule has 1 aliphatic heterocycles. The smallest absolute Gasteiger partial charge is 0.246 e. The molecule has 0 radical (unpaired) electrons. The van der Waals surface area contributed by atoms with E-state index in [0.717, 1.165) is 11.1 Å². The van der Waals surface area contributed by atoms with Crippen molar-refractivity contribution in [1.29, 1.82) is 0 Å². The Balaban J connectivity index is 1.46. The predicted molar refractivity (Wildman–Crippen MR) is 113 cm³/mol. The molecule has 1 fully saturated rings. The van der Waals surface area contributed by atoms with E-state index in [1.807, 2.05) is 37.0 Å². The summed E-state index contributed by atoms with van der Waals surface area (Å²) in [4.78, 5) is 28.4. The van der Waals surface area contributed by atoms with Crippen molar-refractivity contribution in [2.24, 2.45) is 0 Å². The van der Waals surface area contributed by atoms with Gasteiger partial charge in [-0.1, -0.05) is 29.8 Å². The van der Waals surface area contributed by atoms with Crippen molar-refractivity contribution in [2.45, 2.75) is 13.8 Å². The molecule has 29 heavy (non-hydrogen) atoms. The zero-order valence-corrected chi connectivity index (χ0v) is 16.8. The van der Waals surface area contributed by atoms with Crippen molar-refractivity contribution in [3.63, 3.8) is 0 Å². The molecule has 2 amide bonds. The predicted octanol–water partition coefficient (Wildman–Crippen LogP) is 3.24. The Morgan fingerprint density at radius 1 is 1.07 bits per heavy atom. The van der Waals surface area contributed by atoms with Gasteiger partial charge in [-0.25, -0.2) is 4.39 Å². The Bertz CT molecular complexity index is 918. The summed E-state index contributed by atoms with van der Waals surface area (Å²) in [5, 5.41) is 2.70. The third-order valence-corrected chi connectivity index (χ3v) is 4.99. The van der Waals surface area contributed by atoms with Crippen molar-refractivity contribution in [3.8, 4) is 0 Å². The Labute approximate surface area is 170 Å². The molecule has 0 aromatic heterocycles. The molecule has 6 heteroatoms. The number of anilines is 1. The number of benzene rings is 2.